The number of rotatable bonds is 9. The second kappa shape index (κ2) is 12.6. The van der Waals surface area contributed by atoms with Crippen molar-refractivity contribution in [3.05, 3.63) is 105 Å². The maximum atomic E-state index is 13.0. The number of thioether (sulfide) groups is 1. The molecule has 1 fully saturated rings. The molecule has 0 bridgehead atoms. The number of fused-ring (bicyclic) bond motifs is 1. The monoisotopic (exact) mass is 630 g/mol. The van der Waals surface area contributed by atoms with E-state index >= 15 is 0 Å². The van der Waals surface area contributed by atoms with Crippen LogP contribution in [0.15, 0.2) is 88.2 Å². The number of anilines is 1. The topological polar surface area (TPSA) is 84.9 Å². The minimum absolute atomic E-state index is 0.216. The predicted octanol–water partition coefficient (Wildman–Crippen LogP) is 7.43. The standard InChI is InChI=1S/C32H27BrN2O5S/c1-3-20-11-13-24(14-12-20)34-29(36)18-35-31(37)28(41-32(35)38)17-21-15-26(33)30(27(16-21)39-2)40-19-23-9-6-8-22-7-4-5-10-25(22)23/h4-17H,3,18-19H2,1-2H3,(H,34,36)/b28-17+. The van der Waals surface area contributed by atoms with Crippen molar-refractivity contribution in [3.8, 4) is 11.5 Å². The summed E-state index contributed by atoms with van der Waals surface area (Å²) < 4.78 is 12.4. The third-order valence-electron chi connectivity index (χ3n) is 6.62. The molecular formula is C32H27BrN2O5S. The highest BCUT2D eigenvalue weighted by Gasteiger charge is 2.36. The molecule has 5 rings (SSSR count). The quantitative estimate of drug-likeness (QED) is 0.194. The molecule has 7 nitrogen and oxygen atoms in total. The predicted molar refractivity (Wildman–Crippen MR) is 166 cm³/mol. The lowest BCUT2D eigenvalue weighted by molar-refractivity contribution is -0.127. The molecule has 1 heterocycles. The number of carbonyl (C=O) groups is 3. The number of methoxy groups -OCH3 is 1. The Hall–Kier alpha value is -4.08. The third kappa shape index (κ3) is 6.47. The number of amides is 3. The lowest BCUT2D eigenvalue weighted by atomic mass is 10.1. The van der Waals surface area contributed by atoms with E-state index in [1.807, 2.05) is 43.3 Å². The molecule has 0 aromatic heterocycles. The van der Waals surface area contributed by atoms with E-state index in [1.54, 1.807) is 37.5 Å². The zero-order valence-electron chi connectivity index (χ0n) is 22.5. The van der Waals surface area contributed by atoms with Crippen LogP contribution in [0.2, 0.25) is 0 Å². The summed E-state index contributed by atoms with van der Waals surface area (Å²) >= 11 is 4.36. The zero-order chi connectivity index (χ0) is 28.9. The Morgan fingerprint density at radius 2 is 1.78 bits per heavy atom. The number of benzene rings is 4. The van der Waals surface area contributed by atoms with Gasteiger partial charge in [0.05, 0.1) is 16.5 Å². The van der Waals surface area contributed by atoms with Crippen molar-refractivity contribution in [2.75, 3.05) is 19.0 Å². The fourth-order valence-electron chi connectivity index (χ4n) is 4.49. The van der Waals surface area contributed by atoms with Crippen LogP contribution in [-0.4, -0.2) is 35.6 Å². The van der Waals surface area contributed by atoms with Crippen molar-refractivity contribution in [1.29, 1.82) is 0 Å². The first-order valence-electron chi connectivity index (χ1n) is 13.0. The number of hydrogen-bond acceptors (Lipinski definition) is 6. The summed E-state index contributed by atoms with van der Waals surface area (Å²) in [7, 11) is 1.54. The lowest BCUT2D eigenvalue weighted by Gasteiger charge is -2.15. The van der Waals surface area contributed by atoms with E-state index in [9.17, 15) is 14.4 Å². The van der Waals surface area contributed by atoms with Crippen molar-refractivity contribution in [1.82, 2.24) is 4.90 Å². The number of ether oxygens (including phenoxy) is 2. The Balaban J connectivity index is 1.29. The molecular weight excluding hydrogens is 604 g/mol. The Morgan fingerprint density at radius 3 is 2.54 bits per heavy atom. The molecule has 9 heteroatoms. The minimum Gasteiger partial charge on any atom is -0.493 e. The van der Waals surface area contributed by atoms with Crippen molar-refractivity contribution >= 4 is 67.3 Å². The van der Waals surface area contributed by atoms with Crippen molar-refractivity contribution in [2.45, 2.75) is 20.0 Å². The van der Waals surface area contributed by atoms with E-state index < -0.39 is 17.1 Å². The van der Waals surface area contributed by atoms with Crippen LogP contribution in [-0.2, 0) is 22.6 Å². The highest BCUT2D eigenvalue weighted by atomic mass is 79.9. The first-order chi connectivity index (χ1) is 19.9. The summed E-state index contributed by atoms with van der Waals surface area (Å²) in [6.45, 7) is 2.01. The number of nitrogens with zero attached hydrogens (tertiary/aromatic N) is 1. The normalized spacial score (nSPS) is 14.1. The van der Waals surface area contributed by atoms with Crippen LogP contribution < -0.4 is 14.8 Å². The minimum atomic E-state index is -0.525. The number of hydrogen-bond donors (Lipinski definition) is 1. The van der Waals surface area contributed by atoms with Crippen LogP contribution in [0.5, 0.6) is 11.5 Å². The van der Waals surface area contributed by atoms with Crippen LogP contribution in [0.25, 0.3) is 16.8 Å². The molecule has 208 valence electrons. The van der Waals surface area contributed by atoms with Gasteiger partial charge in [-0.15, -0.1) is 0 Å². The highest BCUT2D eigenvalue weighted by Crippen LogP contribution is 2.39. The van der Waals surface area contributed by atoms with Gasteiger partial charge in [-0.05, 0) is 91.9 Å². The SMILES string of the molecule is CCc1ccc(NC(=O)CN2C(=O)S/C(=C/c3cc(Br)c(OCc4cccc5ccccc45)c(OC)c3)C2=O)cc1. The number of aryl methyl sites for hydroxylation is 1. The van der Waals surface area contributed by atoms with Gasteiger partial charge in [0, 0.05) is 5.69 Å². The van der Waals surface area contributed by atoms with Crippen LogP contribution in [0.3, 0.4) is 0 Å². The van der Waals surface area contributed by atoms with Gasteiger partial charge in [0.25, 0.3) is 11.1 Å². The fraction of sp³-hybridized carbons (Fsp3) is 0.156. The van der Waals surface area contributed by atoms with Gasteiger partial charge in [0.2, 0.25) is 5.91 Å². The summed E-state index contributed by atoms with van der Waals surface area (Å²) in [5, 5.41) is 4.48. The Kier molecular flexibility index (Phi) is 8.75. The van der Waals surface area contributed by atoms with Crippen LogP contribution in [0.4, 0.5) is 10.5 Å². The molecule has 1 saturated heterocycles. The summed E-state index contributed by atoms with van der Waals surface area (Å²) in [5.74, 6) is 0.0191. The number of nitrogens with one attached hydrogen (secondary N) is 1. The molecule has 0 aliphatic carbocycles. The van der Waals surface area contributed by atoms with E-state index in [0.717, 1.165) is 45.0 Å². The van der Waals surface area contributed by atoms with Gasteiger partial charge in [-0.3, -0.25) is 19.3 Å². The van der Waals surface area contributed by atoms with Gasteiger partial charge in [-0.2, -0.15) is 0 Å². The van der Waals surface area contributed by atoms with Crippen LogP contribution in [0.1, 0.15) is 23.6 Å². The summed E-state index contributed by atoms with van der Waals surface area (Å²) in [6, 6.07) is 25.2. The molecule has 0 unspecified atom stereocenters. The lowest BCUT2D eigenvalue weighted by Crippen LogP contribution is -2.36. The maximum absolute atomic E-state index is 13.0. The second-order valence-electron chi connectivity index (χ2n) is 9.33. The Morgan fingerprint density at radius 1 is 1.02 bits per heavy atom. The van der Waals surface area contributed by atoms with Crippen molar-refractivity contribution in [3.63, 3.8) is 0 Å². The van der Waals surface area contributed by atoms with Gasteiger partial charge in [0.15, 0.2) is 11.5 Å². The highest BCUT2D eigenvalue weighted by molar-refractivity contribution is 9.10. The second-order valence-corrected chi connectivity index (χ2v) is 11.2. The fourth-order valence-corrected chi connectivity index (χ4v) is 5.90. The molecule has 1 aliphatic heterocycles. The first kappa shape index (κ1) is 28.4. The molecule has 3 amide bonds. The van der Waals surface area contributed by atoms with E-state index in [0.29, 0.717) is 33.8 Å². The van der Waals surface area contributed by atoms with E-state index in [-0.39, 0.29) is 11.4 Å². The van der Waals surface area contributed by atoms with E-state index in [4.69, 9.17) is 9.47 Å². The van der Waals surface area contributed by atoms with Gasteiger partial charge in [-0.25, -0.2) is 0 Å². The van der Waals surface area contributed by atoms with Gasteiger partial charge in [0.1, 0.15) is 13.2 Å². The van der Waals surface area contributed by atoms with Gasteiger partial charge >= 0.3 is 0 Å². The third-order valence-corrected chi connectivity index (χ3v) is 8.12. The summed E-state index contributed by atoms with van der Waals surface area (Å²) in [6.07, 6.45) is 2.49. The van der Waals surface area contributed by atoms with Gasteiger partial charge < -0.3 is 14.8 Å². The molecule has 0 saturated carbocycles. The average Bonchev–Trinajstić information content (AvgIpc) is 3.23. The maximum Gasteiger partial charge on any atom is 0.294 e. The molecule has 0 atom stereocenters. The first-order valence-corrected chi connectivity index (χ1v) is 14.6. The number of carbonyl (C=O) groups excluding carboxylic acids is 3. The van der Waals surface area contributed by atoms with Crippen LogP contribution >= 0.6 is 27.7 Å². The molecule has 0 spiro atoms. The molecule has 4 aromatic carbocycles. The van der Waals surface area contributed by atoms with Crippen molar-refractivity contribution in [2.24, 2.45) is 0 Å². The number of imide groups is 1. The molecule has 0 radical (unpaired) electrons. The Bertz CT molecular complexity index is 1660. The Labute approximate surface area is 250 Å². The molecule has 41 heavy (non-hydrogen) atoms. The van der Waals surface area contributed by atoms with E-state index in [2.05, 4.69) is 39.4 Å². The smallest absolute Gasteiger partial charge is 0.294 e. The molecule has 4 aromatic rings. The van der Waals surface area contributed by atoms with Crippen LogP contribution in [0, 0.1) is 0 Å². The zero-order valence-corrected chi connectivity index (χ0v) is 24.9. The largest absolute Gasteiger partial charge is 0.493 e. The molecule has 1 aliphatic rings. The van der Waals surface area contributed by atoms with E-state index in [1.165, 1.54) is 0 Å². The van der Waals surface area contributed by atoms with Crippen molar-refractivity contribution < 1.29 is 23.9 Å². The van der Waals surface area contributed by atoms with Gasteiger partial charge in [-0.1, -0.05) is 61.5 Å². The number of halogens is 1. The molecule has 1 N–H and O–H groups in total. The summed E-state index contributed by atoms with van der Waals surface area (Å²) in [5.41, 5.74) is 3.43. The average molecular weight is 632 g/mol. The summed E-state index contributed by atoms with van der Waals surface area (Å²) in [4.78, 5) is 39.4.